The molecule has 0 saturated carbocycles. The van der Waals surface area contributed by atoms with Crippen LogP contribution in [0.15, 0.2) is 30.3 Å². The van der Waals surface area contributed by atoms with Gasteiger partial charge in [0.15, 0.2) is 0 Å². The molecule has 4 nitrogen and oxygen atoms in total. The Morgan fingerprint density at radius 1 is 1.47 bits per heavy atom. The molecule has 1 amide bonds. The molecular formula is C13H16N2O2. The molecule has 4 heteroatoms. The molecule has 90 valence electrons. The van der Waals surface area contributed by atoms with E-state index in [-0.39, 0.29) is 18.4 Å². The van der Waals surface area contributed by atoms with Crippen molar-refractivity contribution in [3.63, 3.8) is 0 Å². The number of benzene rings is 1. The number of rotatable bonds is 4. The van der Waals surface area contributed by atoms with Gasteiger partial charge in [-0.1, -0.05) is 25.1 Å². The highest BCUT2D eigenvalue weighted by molar-refractivity contribution is 5.97. The smallest absolute Gasteiger partial charge is 0.267 e. The third-order valence-electron chi connectivity index (χ3n) is 2.70. The van der Waals surface area contributed by atoms with Crippen molar-refractivity contribution < 1.29 is 9.90 Å². The third kappa shape index (κ3) is 2.65. The summed E-state index contributed by atoms with van der Waals surface area (Å²) in [5.74, 6) is -0.0650. The van der Waals surface area contributed by atoms with Crippen LogP contribution in [0, 0.1) is 5.92 Å². The van der Waals surface area contributed by atoms with E-state index in [4.69, 9.17) is 5.11 Å². The van der Waals surface area contributed by atoms with Gasteiger partial charge in [0.1, 0.15) is 5.69 Å². The van der Waals surface area contributed by atoms with E-state index in [1.807, 2.05) is 37.3 Å². The Labute approximate surface area is 99.7 Å². The van der Waals surface area contributed by atoms with Gasteiger partial charge in [0.05, 0.1) is 0 Å². The van der Waals surface area contributed by atoms with E-state index in [0.29, 0.717) is 12.2 Å². The number of aliphatic hydroxyl groups excluding tert-OH is 1. The number of aromatic nitrogens is 1. The zero-order valence-electron chi connectivity index (χ0n) is 9.73. The lowest BCUT2D eigenvalue weighted by Crippen LogP contribution is -2.29. The second-order valence-corrected chi connectivity index (χ2v) is 4.27. The Kier molecular flexibility index (Phi) is 3.44. The normalized spacial score (nSPS) is 12.6. The minimum Gasteiger partial charge on any atom is -0.396 e. The Balaban J connectivity index is 2.08. The van der Waals surface area contributed by atoms with Crippen molar-refractivity contribution in [1.82, 2.24) is 10.3 Å². The van der Waals surface area contributed by atoms with Gasteiger partial charge in [0.25, 0.3) is 5.91 Å². The van der Waals surface area contributed by atoms with Gasteiger partial charge >= 0.3 is 0 Å². The minimum absolute atomic E-state index is 0.0725. The molecule has 1 aromatic carbocycles. The maximum Gasteiger partial charge on any atom is 0.267 e. The molecule has 0 aliphatic rings. The van der Waals surface area contributed by atoms with Crippen molar-refractivity contribution in [3.05, 3.63) is 36.0 Å². The fourth-order valence-electron chi connectivity index (χ4n) is 1.62. The van der Waals surface area contributed by atoms with E-state index in [1.165, 1.54) is 0 Å². The summed E-state index contributed by atoms with van der Waals surface area (Å²) >= 11 is 0. The van der Waals surface area contributed by atoms with Gasteiger partial charge in [0.2, 0.25) is 0 Å². The van der Waals surface area contributed by atoms with Crippen LogP contribution in [0.5, 0.6) is 0 Å². The molecule has 0 aliphatic carbocycles. The van der Waals surface area contributed by atoms with Crippen LogP contribution in [0.2, 0.25) is 0 Å². The van der Waals surface area contributed by atoms with Crippen LogP contribution < -0.4 is 5.32 Å². The van der Waals surface area contributed by atoms with Gasteiger partial charge in [-0.05, 0) is 18.1 Å². The molecule has 0 saturated heterocycles. The Morgan fingerprint density at radius 2 is 2.24 bits per heavy atom. The van der Waals surface area contributed by atoms with Crippen LogP contribution in [-0.2, 0) is 0 Å². The van der Waals surface area contributed by atoms with E-state index >= 15 is 0 Å². The second-order valence-electron chi connectivity index (χ2n) is 4.27. The topological polar surface area (TPSA) is 65.1 Å². The van der Waals surface area contributed by atoms with Crippen molar-refractivity contribution in [1.29, 1.82) is 0 Å². The monoisotopic (exact) mass is 232 g/mol. The van der Waals surface area contributed by atoms with E-state index < -0.39 is 0 Å². The van der Waals surface area contributed by atoms with Gasteiger partial charge in [-0.25, -0.2) is 0 Å². The van der Waals surface area contributed by atoms with E-state index in [0.717, 1.165) is 10.9 Å². The van der Waals surface area contributed by atoms with Gasteiger partial charge in [-0.3, -0.25) is 4.79 Å². The molecule has 0 fully saturated rings. The van der Waals surface area contributed by atoms with Crippen molar-refractivity contribution in [2.24, 2.45) is 5.92 Å². The highest BCUT2D eigenvalue weighted by Crippen LogP contribution is 2.14. The molecule has 0 bridgehead atoms. The Morgan fingerprint density at radius 3 is 2.94 bits per heavy atom. The number of nitrogens with one attached hydrogen (secondary N) is 2. The van der Waals surface area contributed by atoms with Gasteiger partial charge in [-0.2, -0.15) is 0 Å². The summed E-state index contributed by atoms with van der Waals surface area (Å²) in [5.41, 5.74) is 1.50. The molecule has 1 unspecified atom stereocenters. The number of aliphatic hydroxyl groups is 1. The molecule has 17 heavy (non-hydrogen) atoms. The van der Waals surface area contributed by atoms with Crippen LogP contribution in [0.25, 0.3) is 10.9 Å². The predicted octanol–water partition coefficient (Wildman–Crippen LogP) is 1.53. The molecule has 0 radical (unpaired) electrons. The minimum atomic E-state index is -0.137. The number of aromatic amines is 1. The number of hydrogen-bond donors (Lipinski definition) is 3. The van der Waals surface area contributed by atoms with E-state index in [1.54, 1.807) is 0 Å². The summed E-state index contributed by atoms with van der Waals surface area (Å²) in [6.45, 7) is 2.43. The van der Waals surface area contributed by atoms with Gasteiger partial charge < -0.3 is 15.4 Å². The highest BCUT2D eigenvalue weighted by Gasteiger charge is 2.09. The summed E-state index contributed by atoms with van der Waals surface area (Å²) in [6, 6.07) is 9.58. The number of carbonyl (C=O) groups is 1. The number of hydrogen-bond acceptors (Lipinski definition) is 2. The fourth-order valence-corrected chi connectivity index (χ4v) is 1.62. The number of para-hydroxylation sites is 1. The highest BCUT2D eigenvalue weighted by atomic mass is 16.3. The van der Waals surface area contributed by atoms with E-state index in [2.05, 4.69) is 10.3 Å². The summed E-state index contributed by atoms with van der Waals surface area (Å²) < 4.78 is 0. The molecule has 0 aliphatic heterocycles. The largest absolute Gasteiger partial charge is 0.396 e. The van der Waals surface area contributed by atoms with Gasteiger partial charge in [0, 0.05) is 24.1 Å². The molecule has 3 N–H and O–H groups in total. The zero-order valence-corrected chi connectivity index (χ0v) is 9.73. The first-order chi connectivity index (χ1) is 8.20. The third-order valence-corrected chi connectivity index (χ3v) is 2.70. The maximum absolute atomic E-state index is 11.8. The summed E-state index contributed by atoms with van der Waals surface area (Å²) in [5, 5.41) is 12.7. The summed E-state index contributed by atoms with van der Waals surface area (Å²) in [6.07, 6.45) is 0. The second kappa shape index (κ2) is 5.01. The number of fused-ring (bicyclic) bond motifs is 1. The standard InChI is InChI=1S/C13H16N2O2/c1-9(8-16)7-14-13(17)12-6-10-4-2-3-5-11(10)15-12/h2-6,9,15-16H,7-8H2,1H3,(H,14,17). The molecule has 0 spiro atoms. The van der Waals surface area contributed by atoms with Crippen molar-refractivity contribution in [2.45, 2.75) is 6.92 Å². The molecule has 2 aromatic rings. The summed E-state index contributed by atoms with van der Waals surface area (Å²) in [4.78, 5) is 14.9. The maximum atomic E-state index is 11.8. The predicted molar refractivity (Wildman–Crippen MR) is 66.9 cm³/mol. The Hall–Kier alpha value is -1.81. The number of carbonyl (C=O) groups excluding carboxylic acids is 1. The van der Waals surface area contributed by atoms with Crippen LogP contribution in [-0.4, -0.2) is 29.1 Å². The fraction of sp³-hybridized carbons (Fsp3) is 0.308. The first kappa shape index (κ1) is 11.7. The Bertz CT molecular complexity index is 486. The first-order valence-corrected chi connectivity index (χ1v) is 5.67. The van der Waals surface area contributed by atoms with Crippen LogP contribution >= 0.6 is 0 Å². The van der Waals surface area contributed by atoms with Crippen LogP contribution in [0.3, 0.4) is 0 Å². The molecule has 2 rings (SSSR count). The zero-order chi connectivity index (χ0) is 12.3. The van der Waals surface area contributed by atoms with Gasteiger partial charge in [-0.15, -0.1) is 0 Å². The van der Waals surface area contributed by atoms with Crippen molar-refractivity contribution in [3.8, 4) is 0 Å². The molecule has 1 heterocycles. The average molecular weight is 232 g/mol. The van der Waals surface area contributed by atoms with Crippen LogP contribution in [0.1, 0.15) is 17.4 Å². The molecule has 1 atom stereocenters. The quantitative estimate of drug-likeness (QED) is 0.748. The van der Waals surface area contributed by atoms with E-state index in [9.17, 15) is 4.79 Å². The number of H-pyrrole nitrogens is 1. The summed E-state index contributed by atoms with van der Waals surface area (Å²) in [7, 11) is 0. The lowest BCUT2D eigenvalue weighted by molar-refractivity contribution is 0.0938. The van der Waals surface area contributed by atoms with Crippen molar-refractivity contribution >= 4 is 16.8 Å². The number of amides is 1. The molecular weight excluding hydrogens is 216 g/mol. The lowest BCUT2D eigenvalue weighted by atomic mass is 10.2. The first-order valence-electron chi connectivity index (χ1n) is 5.67. The SMILES string of the molecule is CC(CO)CNC(=O)c1cc2ccccc2[nH]1. The average Bonchev–Trinajstić information content (AvgIpc) is 2.79. The lowest BCUT2D eigenvalue weighted by Gasteiger charge is -2.08. The van der Waals surface area contributed by atoms with Crippen molar-refractivity contribution in [2.75, 3.05) is 13.2 Å². The molecule has 1 aromatic heterocycles. The van der Waals surface area contributed by atoms with Crippen LogP contribution in [0.4, 0.5) is 0 Å².